The van der Waals surface area contributed by atoms with Crippen LogP contribution in [0.4, 0.5) is 5.82 Å². The highest BCUT2D eigenvalue weighted by molar-refractivity contribution is 5.68. The highest BCUT2D eigenvalue weighted by Gasteiger charge is 2.19. The number of aromatic nitrogens is 5. The minimum Gasteiger partial charge on any atom is -0.363 e. The maximum Gasteiger partial charge on any atom is 0.152 e. The summed E-state index contributed by atoms with van der Waals surface area (Å²) in [6, 6.07) is 8.07. The number of imidazole rings is 1. The van der Waals surface area contributed by atoms with Crippen molar-refractivity contribution in [1.29, 1.82) is 0 Å². The van der Waals surface area contributed by atoms with Crippen molar-refractivity contribution >= 4 is 17.0 Å². The molecule has 0 aliphatic heterocycles. The van der Waals surface area contributed by atoms with Crippen molar-refractivity contribution < 1.29 is 0 Å². The Balaban J connectivity index is 1.63. The van der Waals surface area contributed by atoms with Crippen molar-refractivity contribution in [2.45, 2.75) is 32.7 Å². The first-order valence-corrected chi connectivity index (χ1v) is 8.02. The van der Waals surface area contributed by atoms with E-state index in [2.05, 4.69) is 47.2 Å². The molecule has 1 N–H and O–H groups in total. The predicted molar refractivity (Wildman–Crippen MR) is 94.2 cm³/mol. The van der Waals surface area contributed by atoms with Gasteiger partial charge >= 0.3 is 0 Å². The SMILES string of the molecule is CC(C)(C)c1cc2c(NCc3cn4ccccc4n3)nccn2n1. The molecule has 0 spiro atoms. The van der Waals surface area contributed by atoms with E-state index in [-0.39, 0.29) is 5.41 Å². The van der Waals surface area contributed by atoms with Crippen LogP contribution in [-0.4, -0.2) is 24.0 Å². The molecular formula is C18H20N6. The quantitative estimate of drug-likeness (QED) is 0.629. The van der Waals surface area contributed by atoms with Crippen molar-refractivity contribution in [3.05, 3.63) is 60.4 Å². The second kappa shape index (κ2) is 5.33. The normalized spacial score (nSPS) is 12.1. The number of anilines is 1. The molecular weight excluding hydrogens is 300 g/mol. The van der Waals surface area contributed by atoms with E-state index in [9.17, 15) is 0 Å². The van der Waals surface area contributed by atoms with Crippen LogP contribution in [0, 0.1) is 0 Å². The molecule has 0 saturated carbocycles. The van der Waals surface area contributed by atoms with Crippen molar-refractivity contribution in [1.82, 2.24) is 24.0 Å². The minimum absolute atomic E-state index is 0.00485. The van der Waals surface area contributed by atoms with Gasteiger partial charge in [0, 0.05) is 30.2 Å². The Morgan fingerprint density at radius 2 is 2.04 bits per heavy atom. The smallest absolute Gasteiger partial charge is 0.152 e. The first-order valence-electron chi connectivity index (χ1n) is 8.02. The summed E-state index contributed by atoms with van der Waals surface area (Å²) in [5.41, 5.74) is 3.95. The molecule has 0 fully saturated rings. The molecule has 0 saturated heterocycles. The molecule has 6 nitrogen and oxygen atoms in total. The molecule has 0 aliphatic carbocycles. The summed E-state index contributed by atoms with van der Waals surface area (Å²) in [6.07, 6.45) is 7.66. The lowest BCUT2D eigenvalue weighted by atomic mass is 9.92. The van der Waals surface area contributed by atoms with Crippen LogP contribution in [0.2, 0.25) is 0 Å². The van der Waals surface area contributed by atoms with Gasteiger partial charge in [0.05, 0.1) is 17.9 Å². The highest BCUT2D eigenvalue weighted by Crippen LogP contribution is 2.24. The fourth-order valence-electron chi connectivity index (χ4n) is 2.67. The Morgan fingerprint density at radius 3 is 2.83 bits per heavy atom. The molecule has 4 rings (SSSR count). The van der Waals surface area contributed by atoms with E-state index in [1.54, 1.807) is 6.20 Å². The van der Waals surface area contributed by atoms with Crippen molar-refractivity contribution in [2.24, 2.45) is 0 Å². The number of nitrogens with zero attached hydrogens (tertiary/aromatic N) is 5. The second-order valence-corrected chi connectivity index (χ2v) is 6.94. The van der Waals surface area contributed by atoms with Crippen LogP contribution in [0.25, 0.3) is 11.2 Å². The minimum atomic E-state index is 0.00485. The molecule has 0 bridgehead atoms. The van der Waals surface area contributed by atoms with E-state index < -0.39 is 0 Å². The number of fused-ring (bicyclic) bond motifs is 2. The van der Waals surface area contributed by atoms with Gasteiger partial charge < -0.3 is 9.72 Å². The molecule has 122 valence electrons. The Bertz CT molecular complexity index is 972. The standard InChI is InChI=1S/C18H20N6/c1-18(2,3)15-10-14-17(19-7-9-24(14)22-15)20-11-13-12-23-8-5-4-6-16(23)21-13/h4-10,12H,11H2,1-3H3,(H,19,20). The van der Waals surface area contributed by atoms with Crippen LogP contribution in [0.3, 0.4) is 0 Å². The second-order valence-electron chi connectivity index (χ2n) is 6.94. The third-order valence-corrected chi connectivity index (χ3v) is 4.01. The van der Waals surface area contributed by atoms with Crippen LogP contribution in [0.5, 0.6) is 0 Å². The summed E-state index contributed by atoms with van der Waals surface area (Å²) in [7, 11) is 0. The molecule has 0 aromatic carbocycles. The topological polar surface area (TPSA) is 59.5 Å². The Hall–Kier alpha value is -2.89. The van der Waals surface area contributed by atoms with Crippen molar-refractivity contribution in [2.75, 3.05) is 5.32 Å². The van der Waals surface area contributed by atoms with Gasteiger partial charge in [0.1, 0.15) is 11.2 Å². The van der Waals surface area contributed by atoms with E-state index in [0.29, 0.717) is 6.54 Å². The lowest BCUT2D eigenvalue weighted by Crippen LogP contribution is -2.11. The van der Waals surface area contributed by atoms with Gasteiger partial charge in [-0.15, -0.1) is 0 Å². The monoisotopic (exact) mass is 320 g/mol. The molecule has 4 aromatic heterocycles. The van der Waals surface area contributed by atoms with Crippen molar-refractivity contribution in [3.63, 3.8) is 0 Å². The van der Waals surface area contributed by atoms with Gasteiger partial charge in [-0.2, -0.15) is 5.10 Å². The largest absolute Gasteiger partial charge is 0.363 e. The fourth-order valence-corrected chi connectivity index (χ4v) is 2.67. The average Bonchev–Trinajstić information content (AvgIpc) is 3.16. The summed E-state index contributed by atoms with van der Waals surface area (Å²) in [5, 5.41) is 8.03. The van der Waals surface area contributed by atoms with Gasteiger partial charge in [0.2, 0.25) is 0 Å². The first-order chi connectivity index (χ1) is 11.5. The zero-order chi connectivity index (χ0) is 16.7. The van der Waals surface area contributed by atoms with Crippen LogP contribution in [0.1, 0.15) is 32.2 Å². The Labute approximate surface area is 140 Å². The average molecular weight is 320 g/mol. The maximum absolute atomic E-state index is 4.65. The summed E-state index contributed by atoms with van der Waals surface area (Å²) < 4.78 is 3.89. The lowest BCUT2D eigenvalue weighted by molar-refractivity contribution is 0.562. The molecule has 0 unspecified atom stereocenters. The summed E-state index contributed by atoms with van der Waals surface area (Å²) in [4.78, 5) is 9.07. The van der Waals surface area contributed by atoms with E-state index in [0.717, 1.165) is 28.4 Å². The molecule has 4 heterocycles. The van der Waals surface area contributed by atoms with Gasteiger partial charge in [0.25, 0.3) is 0 Å². The molecule has 0 amide bonds. The molecule has 0 radical (unpaired) electrons. The number of nitrogens with one attached hydrogen (secondary N) is 1. The number of pyridine rings is 1. The van der Waals surface area contributed by atoms with Gasteiger partial charge in [0.15, 0.2) is 5.82 Å². The molecule has 0 atom stereocenters. The summed E-state index contributed by atoms with van der Waals surface area (Å²) >= 11 is 0. The van der Waals surface area contributed by atoms with Gasteiger partial charge in [-0.05, 0) is 18.2 Å². The van der Waals surface area contributed by atoms with Crippen LogP contribution in [-0.2, 0) is 12.0 Å². The predicted octanol–water partition coefficient (Wildman–Crippen LogP) is 3.29. The van der Waals surface area contributed by atoms with E-state index >= 15 is 0 Å². The van der Waals surface area contributed by atoms with E-state index in [4.69, 9.17) is 0 Å². The lowest BCUT2D eigenvalue weighted by Gasteiger charge is -2.13. The van der Waals surface area contributed by atoms with Crippen LogP contribution in [0.15, 0.2) is 49.1 Å². The third-order valence-electron chi connectivity index (χ3n) is 4.01. The van der Waals surface area contributed by atoms with Gasteiger partial charge in [-0.1, -0.05) is 26.8 Å². The molecule has 4 aromatic rings. The maximum atomic E-state index is 4.65. The van der Waals surface area contributed by atoms with Crippen LogP contribution < -0.4 is 5.32 Å². The number of rotatable bonds is 3. The fraction of sp³-hybridized carbons (Fsp3) is 0.278. The van der Waals surface area contributed by atoms with Gasteiger partial charge in [-0.3, -0.25) is 0 Å². The number of hydrogen-bond acceptors (Lipinski definition) is 4. The zero-order valence-corrected chi connectivity index (χ0v) is 14.1. The highest BCUT2D eigenvalue weighted by atomic mass is 15.2. The van der Waals surface area contributed by atoms with Crippen molar-refractivity contribution in [3.8, 4) is 0 Å². The summed E-state index contributed by atoms with van der Waals surface area (Å²) in [5.74, 6) is 0.817. The first kappa shape index (κ1) is 14.7. The Morgan fingerprint density at radius 1 is 1.17 bits per heavy atom. The van der Waals surface area contributed by atoms with E-state index in [1.807, 2.05) is 45.7 Å². The number of hydrogen-bond donors (Lipinski definition) is 1. The molecule has 6 heteroatoms. The summed E-state index contributed by atoms with van der Waals surface area (Å²) in [6.45, 7) is 7.09. The third kappa shape index (κ3) is 2.60. The molecule has 0 aliphatic rings. The van der Waals surface area contributed by atoms with Gasteiger partial charge in [-0.25, -0.2) is 14.5 Å². The Kier molecular flexibility index (Phi) is 3.26. The molecule has 24 heavy (non-hydrogen) atoms. The van der Waals surface area contributed by atoms with Crippen LogP contribution >= 0.6 is 0 Å². The van der Waals surface area contributed by atoms with E-state index in [1.165, 1.54) is 0 Å². The zero-order valence-electron chi connectivity index (χ0n) is 14.1.